The predicted octanol–water partition coefficient (Wildman–Crippen LogP) is 0.346. The molecule has 0 fully saturated rings. The van der Waals surface area contributed by atoms with Gasteiger partial charge >= 0.3 is 5.97 Å². The zero-order valence-corrected chi connectivity index (χ0v) is 12.9. The smallest absolute Gasteiger partial charge is 0.308 e. The van der Waals surface area contributed by atoms with Crippen molar-refractivity contribution in [1.29, 1.82) is 0 Å². The number of carbonyl (C=O) groups is 2. The third kappa shape index (κ3) is 4.05. The number of amides is 1. The topological polar surface area (TPSA) is 111 Å². The van der Waals surface area contributed by atoms with Crippen molar-refractivity contribution in [3.8, 4) is 0 Å². The number of pyridine rings is 1. The van der Waals surface area contributed by atoms with Crippen LogP contribution in [0, 0.1) is 0 Å². The van der Waals surface area contributed by atoms with Crippen LogP contribution in [0.15, 0.2) is 34.1 Å². The number of alkyl halides is 2. The maximum Gasteiger partial charge on any atom is 0.308 e. The molecule has 1 aliphatic heterocycles. The fourth-order valence-corrected chi connectivity index (χ4v) is 2.45. The molecule has 24 heavy (non-hydrogen) atoms. The quantitative estimate of drug-likeness (QED) is 0.596. The molecule has 2 heterocycles. The van der Waals surface area contributed by atoms with Crippen molar-refractivity contribution in [3.63, 3.8) is 0 Å². The monoisotopic (exact) mass is 341 g/mol. The summed E-state index contributed by atoms with van der Waals surface area (Å²) in [7, 11) is 0. The van der Waals surface area contributed by atoms with E-state index in [1.54, 1.807) is 0 Å². The number of rotatable bonds is 6. The maximum atomic E-state index is 14.2. The van der Waals surface area contributed by atoms with Crippen LogP contribution in [0.1, 0.15) is 19.0 Å². The molecule has 0 radical (unpaired) electrons. The normalized spacial score (nSPS) is 18.5. The van der Waals surface area contributed by atoms with Gasteiger partial charge in [0.05, 0.1) is 18.7 Å². The van der Waals surface area contributed by atoms with Gasteiger partial charge in [0.2, 0.25) is 11.5 Å². The van der Waals surface area contributed by atoms with Gasteiger partial charge in [0.25, 0.3) is 5.92 Å². The number of hydrogen-bond donors (Lipinski definition) is 4. The van der Waals surface area contributed by atoms with Gasteiger partial charge < -0.3 is 20.7 Å². The van der Waals surface area contributed by atoms with Crippen LogP contribution < -0.4 is 16.2 Å². The van der Waals surface area contributed by atoms with E-state index in [0.717, 1.165) is 12.1 Å². The first-order valence-corrected chi connectivity index (χ1v) is 7.21. The second-order valence-electron chi connectivity index (χ2n) is 5.51. The largest absolute Gasteiger partial charge is 0.481 e. The van der Waals surface area contributed by atoms with Crippen molar-refractivity contribution in [2.45, 2.75) is 25.3 Å². The van der Waals surface area contributed by atoms with E-state index in [2.05, 4.69) is 15.6 Å². The molecule has 1 aromatic rings. The molecule has 9 heteroatoms. The minimum absolute atomic E-state index is 0.0580. The molecule has 0 aromatic carbocycles. The molecule has 0 saturated carbocycles. The van der Waals surface area contributed by atoms with Crippen LogP contribution in [0.5, 0.6) is 0 Å². The molecule has 0 bridgehead atoms. The van der Waals surface area contributed by atoms with Gasteiger partial charge in [-0.3, -0.25) is 14.4 Å². The van der Waals surface area contributed by atoms with E-state index in [4.69, 9.17) is 5.11 Å². The van der Waals surface area contributed by atoms with Gasteiger partial charge in [0, 0.05) is 24.2 Å². The average Bonchev–Trinajstić information content (AvgIpc) is 2.50. The van der Waals surface area contributed by atoms with Crippen LogP contribution in [-0.4, -0.2) is 41.1 Å². The molecule has 0 spiro atoms. The van der Waals surface area contributed by atoms with Crippen LogP contribution in [0.3, 0.4) is 0 Å². The van der Waals surface area contributed by atoms with E-state index in [0.29, 0.717) is 5.57 Å². The Morgan fingerprint density at radius 2 is 2.12 bits per heavy atom. The first kappa shape index (κ1) is 17.8. The zero-order chi connectivity index (χ0) is 17.9. The van der Waals surface area contributed by atoms with Gasteiger partial charge in [-0.25, -0.2) is 0 Å². The van der Waals surface area contributed by atoms with Gasteiger partial charge in [-0.15, -0.1) is 0 Å². The molecule has 1 aromatic heterocycles. The molecule has 2 rings (SSSR count). The first-order valence-electron chi connectivity index (χ1n) is 7.21. The molecule has 1 aliphatic rings. The number of hydrogen-bond acceptors (Lipinski definition) is 4. The zero-order valence-electron chi connectivity index (χ0n) is 12.9. The number of aromatic nitrogens is 1. The molecule has 4 N–H and O–H groups in total. The lowest BCUT2D eigenvalue weighted by Crippen LogP contribution is -2.49. The lowest BCUT2D eigenvalue weighted by molar-refractivity contribution is -0.137. The lowest BCUT2D eigenvalue weighted by Gasteiger charge is -2.29. The van der Waals surface area contributed by atoms with Crippen LogP contribution in [0.2, 0.25) is 0 Å². The van der Waals surface area contributed by atoms with Gasteiger partial charge in [0.1, 0.15) is 0 Å². The number of nitrogens with one attached hydrogen (secondary N) is 3. The van der Waals surface area contributed by atoms with E-state index >= 15 is 0 Å². The highest BCUT2D eigenvalue weighted by Gasteiger charge is 2.35. The Morgan fingerprint density at radius 1 is 1.42 bits per heavy atom. The Bertz CT molecular complexity index is 742. The summed E-state index contributed by atoms with van der Waals surface area (Å²) in [6.07, 6.45) is -0.474. The Balaban J connectivity index is 2.13. The molecule has 130 valence electrons. The third-order valence-electron chi connectivity index (χ3n) is 3.80. The third-order valence-corrected chi connectivity index (χ3v) is 3.80. The van der Waals surface area contributed by atoms with Crippen molar-refractivity contribution in [3.05, 3.63) is 45.4 Å². The fourth-order valence-electron chi connectivity index (χ4n) is 2.45. The average molecular weight is 341 g/mol. The minimum Gasteiger partial charge on any atom is -0.481 e. The standard InChI is InChI=1S/C15H17F2N3O4/c1-8-9(5-13(22)23)14(24)18-6-10(8)19-7-15(16,17)11-3-2-4-12(21)20-11/h2-4,10,19H,5-7H2,1H3,(H,18,24)(H,20,21)(H,22,23). The fraction of sp³-hybridized carbons (Fsp3) is 0.400. The summed E-state index contributed by atoms with van der Waals surface area (Å²) in [6, 6.07) is 2.87. The van der Waals surface area contributed by atoms with Crippen LogP contribution in [0.25, 0.3) is 0 Å². The summed E-state index contributed by atoms with van der Waals surface area (Å²) in [5.74, 6) is -5.01. The number of carbonyl (C=O) groups excluding carboxylic acids is 1. The van der Waals surface area contributed by atoms with Crippen molar-refractivity contribution >= 4 is 11.9 Å². The molecule has 1 amide bonds. The minimum atomic E-state index is -3.32. The second kappa shape index (κ2) is 6.91. The van der Waals surface area contributed by atoms with E-state index in [1.807, 2.05) is 0 Å². The van der Waals surface area contributed by atoms with Crippen molar-refractivity contribution in [2.75, 3.05) is 13.1 Å². The number of aliphatic carboxylic acids is 1. The highest BCUT2D eigenvalue weighted by molar-refractivity contribution is 5.99. The molecule has 1 atom stereocenters. The van der Waals surface area contributed by atoms with E-state index < -0.39 is 48.1 Å². The Hall–Kier alpha value is -2.55. The maximum absolute atomic E-state index is 14.2. The molecule has 0 saturated heterocycles. The summed E-state index contributed by atoms with van der Waals surface area (Å²) in [5, 5.41) is 13.9. The Labute approximate surface area is 135 Å². The molecule has 1 unspecified atom stereocenters. The SMILES string of the molecule is CC1=C(CC(=O)O)C(=O)NCC1NCC(F)(F)c1cccc(=O)[nH]1. The molecular weight excluding hydrogens is 324 g/mol. The number of H-pyrrole nitrogens is 1. The van der Waals surface area contributed by atoms with Gasteiger partial charge in [-0.05, 0) is 18.6 Å². The van der Waals surface area contributed by atoms with Crippen LogP contribution in [0.4, 0.5) is 8.78 Å². The second-order valence-corrected chi connectivity index (χ2v) is 5.51. The van der Waals surface area contributed by atoms with E-state index in [9.17, 15) is 23.2 Å². The Kier molecular flexibility index (Phi) is 5.13. The van der Waals surface area contributed by atoms with E-state index in [1.165, 1.54) is 13.0 Å². The first-order chi connectivity index (χ1) is 11.2. The molecule has 0 aliphatic carbocycles. The van der Waals surface area contributed by atoms with Gasteiger partial charge in [0.15, 0.2) is 0 Å². The van der Waals surface area contributed by atoms with Crippen LogP contribution >= 0.6 is 0 Å². The number of carboxylic acid groups (broad SMARTS) is 1. The highest BCUT2D eigenvalue weighted by Crippen LogP contribution is 2.25. The molecular formula is C15H17F2N3O4. The van der Waals surface area contributed by atoms with Crippen LogP contribution in [-0.2, 0) is 15.5 Å². The summed E-state index contributed by atoms with van der Waals surface area (Å²) in [5.41, 5.74) is -0.673. The summed E-state index contributed by atoms with van der Waals surface area (Å²) < 4.78 is 28.3. The number of aromatic amines is 1. The molecule has 7 nitrogen and oxygen atoms in total. The Morgan fingerprint density at radius 3 is 2.75 bits per heavy atom. The van der Waals surface area contributed by atoms with Crippen molar-refractivity contribution in [2.24, 2.45) is 0 Å². The summed E-state index contributed by atoms with van der Waals surface area (Å²) in [4.78, 5) is 35.7. The summed E-state index contributed by atoms with van der Waals surface area (Å²) in [6.45, 7) is 0.845. The lowest BCUT2D eigenvalue weighted by atomic mass is 9.95. The van der Waals surface area contributed by atoms with Gasteiger partial charge in [-0.2, -0.15) is 8.78 Å². The number of halogens is 2. The predicted molar refractivity (Wildman–Crippen MR) is 80.7 cm³/mol. The summed E-state index contributed by atoms with van der Waals surface area (Å²) >= 11 is 0. The van der Waals surface area contributed by atoms with Crippen molar-refractivity contribution < 1.29 is 23.5 Å². The van der Waals surface area contributed by atoms with Gasteiger partial charge in [-0.1, -0.05) is 6.07 Å². The highest BCUT2D eigenvalue weighted by atomic mass is 19.3. The number of carboxylic acids is 1. The van der Waals surface area contributed by atoms with Crippen molar-refractivity contribution in [1.82, 2.24) is 15.6 Å². The van der Waals surface area contributed by atoms with E-state index in [-0.39, 0.29) is 12.1 Å².